The molecule has 1 amide bonds. The fourth-order valence-electron chi connectivity index (χ4n) is 4.00. The van der Waals surface area contributed by atoms with Crippen LogP contribution in [0.15, 0.2) is 60.7 Å². The molecule has 0 aliphatic heterocycles. The van der Waals surface area contributed by atoms with Crippen molar-refractivity contribution in [3.63, 3.8) is 0 Å². The highest BCUT2D eigenvalue weighted by Gasteiger charge is 2.58. The molecule has 0 saturated heterocycles. The first-order chi connectivity index (χ1) is 17.2. The second-order valence-electron chi connectivity index (χ2n) is 8.98. The maximum Gasteiger partial charge on any atom is 0.458 e. The molecule has 3 aromatic rings. The van der Waals surface area contributed by atoms with Crippen LogP contribution in [0.1, 0.15) is 52.4 Å². The number of carbonyl (C=O) groups excluding carboxylic acids is 1. The molecule has 10 heteroatoms. The zero-order valence-corrected chi connectivity index (χ0v) is 20.8. The van der Waals surface area contributed by atoms with E-state index in [0.29, 0.717) is 35.4 Å². The summed E-state index contributed by atoms with van der Waals surface area (Å²) in [4.78, 5) is 15.1. The Labute approximate surface area is 215 Å². The molecule has 0 aliphatic carbocycles. The minimum Gasteiger partial charge on any atom is -0.398 e. The normalized spacial score (nSPS) is 12.2. The minimum absolute atomic E-state index is 0.0815. The van der Waals surface area contributed by atoms with Crippen molar-refractivity contribution in [1.29, 1.82) is 0 Å². The average molecular weight is 543 g/mol. The standard InChI is InChI=1S/C27H25ClF6N2O/c1-16(2)24-22(13-20(28)14-23(24)35)25(37)36(12-11-17-5-9-21(29)10-6-17)15-18-3-7-19(8-4-18)26(30,31)27(32,33)34/h3-10,13-14,16H,11-12,15,35H2,1-2H3. The highest BCUT2D eigenvalue weighted by Crippen LogP contribution is 2.43. The summed E-state index contributed by atoms with van der Waals surface area (Å²) < 4.78 is 78.9. The maximum absolute atomic E-state index is 13.7. The van der Waals surface area contributed by atoms with Gasteiger partial charge < -0.3 is 10.6 Å². The fraction of sp³-hybridized carbons (Fsp3) is 0.296. The second kappa shape index (κ2) is 11.0. The van der Waals surface area contributed by atoms with Gasteiger partial charge in [0.05, 0.1) is 0 Å². The summed E-state index contributed by atoms with van der Waals surface area (Å²) in [6, 6.07) is 12.4. The van der Waals surface area contributed by atoms with Crippen LogP contribution in [-0.2, 0) is 18.9 Å². The van der Waals surface area contributed by atoms with E-state index in [-0.39, 0.29) is 29.6 Å². The number of nitrogens with zero attached hydrogens (tertiary/aromatic N) is 1. The predicted octanol–water partition coefficient (Wildman–Crippen LogP) is 7.72. The van der Waals surface area contributed by atoms with Crippen LogP contribution < -0.4 is 5.73 Å². The molecule has 0 bridgehead atoms. The van der Waals surface area contributed by atoms with E-state index >= 15 is 0 Å². The van der Waals surface area contributed by atoms with Crippen molar-refractivity contribution in [2.75, 3.05) is 12.3 Å². The molecular weight excluding hydrogens is 518 g/mol. The van der Waals surface area contributed by atoms with Gasteiger partial charge in [0.15, 0.2) is 0 Å². The summed E-state index contributed by atoms with van der Waals surface area (Å²) in [5.74, 6) is -5.99. The van der Waals surface area contributed by atoms with Gasteiger partial charge >= 0.3 is 12.1 Å². The van der Waals surface area contributed by atoms with Crippen LogP contribution in [0.5, 0.6) is 0 Å². The Bertz CT molecular complexity index is 1240. The number of nitrogen functional groups attached to an aromatic ring is 1. The molecule has 0 spiro atoms. The smallest absolute Gasteiger partial charge is 0.398 e. The Morgan fingerprint density at radius 1 is 0.946 bits per heavy atom. The largest absolute Gasteiger partial charge is 0.458 e. The van der Waals surface area contributed by atoms with E-state index in [0.717, 1.165) is 17.7 Å². The van der Waals surface area contributed by atoms with E-state index in [1.54, 1.807) is 12.1 Å². The van der Waals surface area contributed by atoms with Crippen molar-refractivity contribution in [3.8, 4) is 0 Å². The van der Waals surface area contributed by atoms with E-state index in [1.807, 2.05) is 13.8 Å². The number of amides is 1. The third-order valence-corrected chi connectivity index (χ3v) is 6.12. The van der Waals surface area contributed by atoms with Crippen molar-refractivity contribution < 1.29 is 31.1 Å². The van der Waals surface area contributed by atoms with E-state index in [4.69, 9.17) is 17.3 Å². The van der Waals surface area contributed by atoms with Crippen LogP contribution in [-0.4, -0.2) is 23.5 Å². The van der Waals surface area contributed by atoms with Crippen molar-refractivity contribution >= 4 is 23.2 Å². The van der Waals surface area contributed by atoms with Gasteiger partial charge in [-0.25, -0.2) is 4.39 Å². The number of hydrogen-bond acceptors (Lipinski definition) is 2. The molecule has 198 valence electrons. The first-order valence-electron chi connectivity index (χ1n) is 11.4. The number of anilines is 1. The average Bonchev–Trinajstić information content (AvgIpc) is 2.81. The van der Waals surface area contributed by atoms with Crippen LogP contribution in [0.2, 0.25) is 5.02 Å². The predicted molar refractivity (Wildman–Crippen MR) is 131 cm³/mol. The molecule has 3 rings (SSSR count). The molecule has 3 aromatic carbocycles. The summed E-state index contributed by atoms with van der Waals surface area (Å²) in [5.41, 5.74) is 7.21. The van der Waals surface area contributed by atoms with Gasteiger partial charge in [-0.1, -0.05) is 61.8 Å². The Morgan fingerprint density at radius 3 is 2.05 bits per heavy atom. The molecule has 0 atom stereocenters. The van der Waals surface area contributed by atoms with Crippen LogP contribution in [0.25, 0.3) is 0 Å². The van der Waals surface area contributed by atoms with Crippen molar-refractivity contribution in [3.05, 3.63) is 99.3 Å². The van der Waals surface area contributed by atoms with Crippen LogP contribution in [0.3, 0.4) is 0 Å². The van der Waals surface area contributed by atoms with Gasteiger partial charge in [0.2, 0.25) is 0 Å². The Balaban J connectivity index is 1.95. The van der Waals surface area contributed by atoms with Gasteiger partial charge in [-0.2, -0.15) is 22.0 Å². The van der Waals surface area contributed by atoms with E-state index in [1.165, 1.54) is 29.2 Å². The summed E-state index contributed by atoms with van der Waals surface area (Å²) >= 11 is 6.17. The summed E-state index contributed by atoms with van der Waals surface area (Å²) in [6.45, 7) is 3.79. The number of nitrogens with two attached hydrogens (primary N) is 1. The highest BCUT2D eigenvalue weighted by atomic mass is 35.5. The Hall–Kier alpha value is -3.20. The molecule has 0 saturated carbocycles. The number of halogens is 7. The minimum atomic E-state index is -5.73. The molecular formula is C27H25ClF6N2O. The zero-order chi connectivity index (χ0) is 27.5. The lowest BCUT2D eigenvalue weighted by atomic mass is 9.94. The third kappa shape index (κ3) is 6.57. The van der Waals surface area contributed by atoms with Gasteiger partial charge in [-0.3, -0.25) is 4.79 Å². The molecule has 0 radical (unpaired) electrons. The molecule has 2 N–H and O–H groups in total. The quantitative estimate of drug-likeness (QED) is 0.234. The van der Waals surface area contributed by atoms with E-state index in [9.17, 15) is 31.1 Å². The SMILES string of the molecule is CC(C)c1c(N)cc(Cl)cc1C(=O)N(CCc1ccc(F)cc1)Cc1ccc(C(F)(F)C(F)(F)F)cc1. The van der Waals surface area contributed by atoms with E-state index in [2.05, 4.69) is 0 Å². The van der Waals surface area contributed by atoms with Gasteiger partial charge in [0.25, 0.3) is 5.91 Å². The molecule has 0 aromatic heterocycles. The van der Waals surface area contributed by atoms with Gasteiger partial charge in [0, 0.05) is 34.9 Å². The van der Waals surface area contributed by atoms with Crippen molar-refractivity contribution in [2.45, 2.75) is 44.8 Å². The number of alkyl halides is 5. The Morgan fingerprint density at radius 2 is 1.51 bits per heavy atom. The summed E-state index contributed by atoms with van der Waals surface area (Å²) in [5, 5.41) is 0.252. The van der Waals surface area contributed by atoms with Crippen LogP contribution >= 0.6 is 11.6 Å². The monoisotopic (exact) mass is 542 g/mol. The van der Waals surface area contributed by atoms with Crippen LogP contribution in [0.4, 0.5) is 32.0 Å². The van der Waals surface area contributed by atoms with Gasteiger partial charge in [-0.15, -0.1) is 0 Å². The van der Waals surface area contributed by atoms with Crippen molar-refractivity contribution in [1.82, 2.24) is 4.90 Å². The first-order valence-corrected chi connectivity index (χ1v) is 11.7. The maximum atomic E-state index is 13.7. The molecule has 0 aliphatic rings. The number of carbonyl (C=O) groups is 1. The van der Waals surface area contributed by atoms with Crippen LogP contribution in [0, 0.1) is 5.82 Å². The summed E-state index contributed by atoms with van der Waals surface area (Å²) in [7, 11) is 0. The molecule has 0 unspecified atom stereocenters. The molecule has 0 heterocycles. The van der Waals surface area contributed by atoms with Gasteiger partial charge in [0.1, 0.15) is 5.82 Å². The van der Waals surface area contributed by atoms with E-state index < -0.39 is 29.4 Å². The van der Waals surface area contributed by atoms with Gasteiger partial charge in [-0.05, 0) is 53.3 Å². The van der Waals surface area contributed by atoms with Crippen molar-refractivity contribution in [2.24, 2.45) is 0 Å². The highest BCUT2D eigenvalue weighted by molar-refractivity contribution is 6.31. The lowest BCUT2D eigenvalue weighted by Crippen LogP contribution is -2.34. The second-order valence-corrected chi connectivity index (χ2v) is 9.42. The lowest BCUT2D eigenvalue weighted by Gasteiger charge is -2.26. The lowest BCUT2D eigenvalue weighted by molar-refractivity contribution is -0.289. The topological polar surface area (TPSA) is 46.3 Å². The number of rotatable bonds is 8. The molecule has 37 heavy (non-hydrogen) atoms. The molecule has 0 fully saturated rings. The number of hydrogen-bond donors (Lipinski definition) is 1. The molecule has 3 nitrogen and oxygen atoms in total. The zero-order valence-electron chi connectivity index (χ0n) is 20.1. The summed E-state index contributed by atoms with van der Waals surface area (Å²) in [6.07, 6.45) is -5.39. The number of benzene rings is 3. The first kappa shape index (κ1) is 28.4. The third-order valence-electron chi connectivity index (χ3n) is 5.90. The fourth-order valence-corrected chi connectivity index (χ4v) is 4.23. The Kier molecular flexibility index (Phi) is 8.47.